The molecule has 2 atom stereocenters. The smallest absolute Gasteiger partial charge is 0.177 e. The molecule has 25 heavy (non-hydrogen) atoms. The quantitative estimate of drug-likeness (QED) is 0.684. The van der Waals surface area contributed by atoms with Crippen molar-refractivity contribution >= 4 is 22.8 Å². The van der Waals surface area contributed by atoms with Crippen LogP contribution in [0.25, 0.3) is 0 Å². The Hall–Kier alpha value is -2.57. The zero-order chi connectivity index (χ0) is 18.0. The highest BCUT2D eigenvalue weighted by Crippen LogP contribution is 2.27. The van der Waals surface area contributed by atoms with Gasteiger partial charge in [0.2, 0.25) is 0 Å². The average Bonchev–Trinajstić information content (AvgIpc) is 2.88. The van der Waals surface area contributed by atoms with Crippen molar-refractivity contribution in [2.75, 3.05) is 26.2 Å². The van der Waals surface area contributed by atoms with Gasteiger partial charge in [0.05, 0.1) is 38.2 Å². The second kappa shape index (κ2) is 6.74. The zero-order valence-electron chi connectivity index (χ0n) is 15.0. The molecule has 6 nitrogen and oxygen atoms in total. The summed E-state index contributed by atoms with van der Waals surface area (Å²) in [6.45, 7) is 1.86. The number of benzene rings is 2. The van der Waals surface area contributed by atoms with E-state index in [1.807, 2.05) is 55.5 Å². The van der Waals surface area contributed by atoms with Crippen molar-refractivity contribution in [2.24, 2.45) is 15.3 Å². The monoisotopic (exact) mass is 338 g/mol. The van der Waals surface area contributed by atoms with Crippen LogP contribution in [0.15, 0.2) is 69.9 Å². The van der Waals surface area contributed by atoms with Crippen LogP contribution >= 0.6 is 0 Å². The molecule has 3 rings (SSSR count). The molecule has 0 aliphatic carbocycles. The third-order valence-corrected chi connectivity index (χ3v) is 4.15. The molecule has 130 valence electrons. The molecule has 1 aliphatic rings. The molecule has 2 aromatic carbocycles. The topological polar surface area (TPSA) is 60.5 Å². The fourth-order valence-corrected chi connectivity index (χ4v) is 2.67. The Kier molecular flexibility index (Phi) is 4.65. The molecule has 2 unspecified atom stereocenters. The van der Waals surface area contributed by atoms with E-state index in [0.29, 0.717) is 4.48 Å². The fraction of sp³-hybridized carbons (Fsp3) is 0.316. The summed E-state index contributed by atoms with van der Waals surface area (Å²) in [4.78, 5) is 0. The average molecular weight is 338 g/mol. The van der Waals surface area contributed by atoms with Gasteiger partial charge in [-0.05, 0) is 31.2 Å². The van der Waals surface area contributed by atoms with Crippen LogP contribution in [0.5, 0.6) is 0 Å². The van der Waals surface area contributed by atoms with E-state index in [2.05, 4.69) is 42.5 Å². The summed E-state index contributed by atoms with van der Waals surface area (Å²) in [6.07, 6.45) is -0.854. The number of nitrogens with zero attached hydrogens (tertiary/aromatic N) is 5. The number of rotatable bonds is 4. The number of azo groups is 1. The predicted octanol–water partition coefficient (Wildman–Crippen LogP) is 3.55. The van der Waals surface area contributed by atoms with Gasteiger partial charge in [-0.3, -0.25) is 4.48 Å². The standard InChI is InChI=1S/C19H24N5O/c1-14-18(19(25)23(22-14)16-10-6-5-7-11-16)21-20-15-9-8-12-17(13-15)24(2,3)4/h5-13,18-19,25H,1-4H3/q+1. The van der Waals surface area contributed by atoms with E-state index in [1.54, 1.807) is 5.01 Å². The van der Waals surface area contributed by atoms with Gasteiger partial charge in [0.25, 0.3) is 0 Å². The first-order chi connectivity index (χ1) is 11.9. The molecule has 0 amide bonds. The van der Waals surface area contributed by atoms with Crippen LogP contribution < -0.4 is 9.49 Å². The number of quaternary nitrogens is 1. The molecule has 1 aliphatic heterocycles. The molecule has 0 aromatic heterocycles. The van der Waals surface area contributed by atoms with Crippen molar-refractivity contribution in [2.45, 2.75) is 19.2 Å². The molecule has 0 spiro atoms. The number of hydrogen-bond donors (Lipinski definition) is 1. The van der Waals surface area contributed by atoms with Gasteiger partial charge >= 0.3 is 0 Å². The van der Waals surface area contributed by atoms with Gasteiger partial charge in [-0.1, -0.05) is 24.3 Å². The molecule has 2 aromatic rings. The Bertz CT molecular complexity index is 795. The van der Waals surface area contributed by atoms with Crippen LogP contribution in [-0.2, 0) is 0 Å². The van der Waals surface area contributed by atoms with Crippen LogP contribution in [-0.4, -0.2) is 44.2 Å². The zero-order valence-corrected chi connectivity index (χ0v) is 15.0. The third kappa shape index (κ3) is 3.75. The predicted molar refractivity (Wildman–Crippen MR) is 102 cm³/mol. The van der Waals surface area contributed by atoms with Crippen molar-refractivity contribution in [1.82, 2.24) is 4.48 Å². The highest BCUT2D eigenvalue weighted by molar-refractivity contribution is 5.91. The summed E-state index contributed by atoms with van der Waals surface area (Å²) in [5.41, 5.74) is 3.48. The van der Waals surface area contributed by atoms with E-state index in [0.717, 1.165) is 22.8 Å². The molecule has 0 bridgehead atoms. The normalized spacial score (nSPS) is 21.0. The fourth-order valence-electron chi connectivity index (χ4n) is 2.67. The Morgan fingerprint density at radius 3 is 2.44 bits per heavy atom. The van der Waals surface area contributed by atoms with Gasteiger partial charge < -0.3 is 5.11 Å². The van der Waals surface area contributed by atoms with Gasteiger partial charge in [-0.25, -0.2) is 5.01 Å². The SMILES string of the molecule is CC1=NN(c2ccccc2)C(O)C1N=Nc1cccc([N+](C)(C)C)c1. The van der Waals surface area contributed by atoms with Gasteiger partial charge in [-0.2, -0.15) is 15.3 Å². The number of aliphatic hydroxyl groups excluding tert-OH is 1. The number of para-hydroxylation sites is 1. The van der Waals surface area contributed by atoms with E-state index in [1.165, 1.54) is 0 Å². The summed E-state index contributed by atoms with van der Waals surface area (Å²) >= 11 is 0. The molecule has 0 saturated carbocycles. The lowest BCUT2D eigenvalue weighted by Crippen LogP contribution is -2.35. The van der Waals surface area contributed by atoms with E-state index in [4.69, 9.17) is 0 Å². The second-order valence-corrected chi connectivity index (χ2v) is 7.03. The van der Waals surface area contributed by atoms with Crippen molar-refractivity contribution in [3.05, 3.63) is 54.6 Å². The summed E-state index contributed by atoms with van der Waals surface area (Å²) < 4.78 is 0.706. The molecular weight excluding hydrogens is 314 g/mol. The maximum atomic E-state index is 10.6. The summed E-state index contributed by atoms with van der Waals surface area (Å²) in [7, 11) is 6.31. The van der Waals surface area contributed by atoms with Crippen molar-refractivity contribution < 1.29 is 5.11 Å². The van der Waals surface area contributed by atoms with Crippen LogP contribution in [0.2, 0.25) is 0 Å². The van der Waals surface area contributed by atoms with E-state index >= 15 is 0 Å². The molecule has 1 N–H and O–H groups in total. The Morgan fingerprint density at radius 2 is 1.76 bits per heavy atom. The molecule has 0 saturated heterocycles. The lowest BCUT2D eigenvalue weighted by Gasteiger charge is -2.23. The minimum atomic E-state index is -0.854. The molecule has 1 heterocycles. The summed E-state index contributed by atoms with van der Waals surface area (Å²) in [5, 5.41) is 25.3. The van der Waals surface area contributed by atoms with Crippen molar-refractivity contribution in [3.8, 4) is 0 Å². The summed E-state index contributed by atoms with van der Waals surface area (Å²) in [5.74, 6) is 0. The number of anilines is 1. The first-order valence-corrected chi connectivity index (χ1v) is 8.26. The highest BCUT2D eigenvalue weighted by atomic mass is 16.3. The molecule has 0 fully saturated rings. The maximum Gasteiger partial charge on any atom is 0.177 e. The maximum absolute atomic E-state index is 10.6. The minimum Gasteiger partial charge on any atom is -0.369 e. The van der Waals surface area contributed by atoms with E-state index < -0.39 is 12.3 Å². The first kappa shape index (κ1) is 17.3. The second-order valence-electron chi connectivity index (χ2n) is 7.03. The minimum absolute atomic E-state index is 0.479. The Morgan fingerprint density at radius 1 is 1.04 bits per heavy atom. The van der Waals surface area contributed by atoms with Crippen LogP contribution in [0.1, 0.15) is 6.92 Å². The van der Waals surface area contributed by atoms with Crippen LogP contribution in [0.4, 0.5) is 17.1 Å². The van der Waals surface area contributed by atoms with Crippen LogP contribution in [0.3, 0.4) is 0 Å². The van der Waals surface area contributed by atoms with E-state index in [9.17, 15) is 5.11 Å². The molecule has 6 heteroatoms. The largest absolute Gasteiger partial charge is 0.369 e. The van der Waals surface area contributed by atoms with Gasteiger partial charge in [-0.15, -0.1) is 0 Å². The van der Waals surface area contributed by atoms with Gasteiger partial charge in [0.15, 0.2) is 12.3 Å². The Balaban J connectivity index is 1.80. The molecule has 0 radical (unpaired) electrons. The molecular formula is C19H24N5O+. The first-order valence-electron chi connectivity index (χ1n) is 8.26. The van der Waals surface area contributed by atoms with Crippen molar-refractivity contribution in [1.29, 1.82) is 0 Å². The van der Waals surface area contributed by atoms with Crippen molar-refractivity contribution in [3.63, 3.8) is 0 Å². The summed E-state index contributed by atoms with van der Waals surface area (Å²) in [6, 6.07) is 17.0. The number of hydrogen-bond acceptors (Lipinski definition) is 5. The van der Waals surface area contributed by atoms with Gasteiger partial charge in [0, 0.05) is 6.07 Å². The lowest BCUT2D eigenvalue weighted by molar-refractivity contribution is 0.170. The number of hydrazone groups is 1. The van der Waals surface area contributed by atoms with E-state index in [-0.39, 0.29) is 0 Å². The highest BCUT2D eigenvalue weighted by Gasteiger charge is 2.34. The van der Waals surface area contributed by atoms with Gasteiger partial charge in [0.1, 0.15) is 5.69 Å². The third-order valence-electron chi connectivity index (χ3n) is 4.15. The lowest BCUT2D eigenvalue weighted by atomic mass is 10.2. The Labute approximate surface area is 148 Å². The number of aliphatic hydroxyl groups is 1. The van der Waals surface area contributed by atoms with Crippen LogP contribution in [0, 0.1) is 0 Å².